The van der Waals surface area contributed by atoms with Crippen molar-refractivity contribution in [3.8, 4) is 0 Å². The number of hydrogen-bond donors (Lipinski definition) is 3. The molecule has 0 aliphatic carbocycles. The van der Waals surface area contributed by atoms with Crippen molar-refractivity contribution in [2.75, 3.05) is 6.54 Å². The molecule has 22 heavy (non-hydrogen) atoms. The maximum atomic E-state index is 11.5. The Morgan fingerprint density at radius 2 is 1.77 bits per heavy atom. The smallest absolute Gasteiger partial charge is 0.309 e. The highest BCUT2D eigenvalue weighted by molar-refractivity contribution is 7.12. The van der Waals surface area contributed by atoms with Gasteiger partial charge in [0.05, 0.1) is 6.54 Å². The Hall–Kier alpha value is -2.18. The molecule has 0 spiro atoms. The van der Waals surface area contributed by atoms with Gasteiger partial charge < -0.3 is 15.7 Å². The third-order valence-corrected chi connectivity index (χ3v) is 4.17. The SMILES string of the molecule is CCNC(=O)C(=O)NCc1ccc(C(O)c2ccccc2)s1. The summed E-state index contributed by atoms with van der Waals surface area (Å²) in [4.78, 5) is 24.5. The number of aliphatic hydroxyl groups excluding tert-OH is 1. The number of likely N-dealkylation sites (N-methyl/N-ethyl adjacent to an activating group) is 1. The van der Waals surface area contributed by atoms with E-state index in [0.29, 0.717) is 6.54 Å². The fraction of sp³-hybridized carbons (Fsp3) is 0.250. The summed E-state index contributed by atoms with van der Waals surface area (Å²) >= 11 is 1.41. The maximum absolute atomic E-state index is 11.5. The molecule has 6 heteroatoms. The molecule has 116 valence electrons. The number of carbonyl (C=O) groups excluding carboxylic acids is 2. The normalized spacial score (nSPS) is 11.7. The van der Waals surface area contributed by atoms with Crippen LogP contribution in [-0.2, 0) is 16.1 Å². The summed E-state index contributed by atoms with van der Waals surface area (Å²) in [6.07, 6.45) is -0.681. The van der Waals surface area contributed by atoms with Gasteiger partial charge in [-0.2, -0.15) is 0 Å². The van der Waals surface area contributed by atoms with E-state index in [2.05, 4.69) is 10.6 Å². The second-order valence-corrected chi connectivity index (χ2v) is 5.86. The van der Waals surface area contributed by atoms with Gasteiger partial charge in [-0.1, -0.05) is 30.3 Å². The van der Waals surface area contributed by atoms with Gasteiger partial charge in [0.1, 0.15) is 6.10 Å². The third-order valence-electron chi connectivity index (χ3n) is 3.03. The van der Waals surface area contributed by atoms with Gasteiger partial charge >= 0.3 is 11.8 Å². The van der Waals surface area contributed by atoms with Crippen LogP contribution in [0.15, 0.2) is 42.5 Å². The lowest BCUT2D eigenvalue weighted by atomic mass is 10.1. The highest BCUT2D eigenvalue weighted by Gasteiger charge is 2.14. The molecule has 0 aliphatic heterocycles. The van der Waals surface area contributed by atoms with Crippen LogP contribution in [-0.4, -0.2) is 23.5 Å². The molecule has 1 aromatic carbocycles. The first-order chi connectivity index (χ1) is 10.6. The average molecular weight is 318 g/mol. The largest absolute Gasteiger partial charge is 0.383 e. The Morgan fingerprint density at radius 1 is 1.09 bits per heavy atom. The predicted molar refractivity (Wildman–Crippen MR) is 85.4 cm³/mol. The fourth-order valence-electron chi connectivity index (χ4n) is 1.92. The molecule has 0 aliphatic rings. The molecule has 1 heterocycles. The number of carbonyl (C=O) groups is 2. The third kappa shape index (κ3) is 4.16. The molecular formula is C16H18N2O3S. The lowest BCUT2D eigenvalue weighted by molar-refractivity contribution is -0.139. The minimum absolute atomic E-state index is 0.266. The van der Waals surface area contributed by atoms with Crippen LogP contribution in [0.1, 0.15) is 28.3 Å². The van der Waals surface area contributed by atoms with Gasteiger partial charge in [0, 0.05) is 16.3 Å². The minimum Gasteiger partial charge on any atom is -0.383 e. The summed E-state index contributed by atoms with van der Waals surface area (Å²) in [6, 6.07) is 13.0. The molecule has 3 N–H and O–H groups in total. The lowest BCUT2D eigenvalue weighted by Crippen LogP contribution is -2.39. The standard InChI is InChI=1S/C16H18N2O3S/c1-2-17-15(20)16(21)18-10-12-8-9-13(22-12)14(19)11-6-4-3-5-7-11/h3-9,14,19H,2,10H2,1H3,(H,17,20)(H,18,21). The molecule has 0 bridgehead atoms. The van der Waals surface area contributed by atoms with Crippen LogP contribution in [0.3, 0.4) is 0 Å². The summed E-state index contributed by atoms with van der Waals surface area (Å²) in [6.45, 7) is 2.43. The monoisotopic (exact) mass is 318 g/mol. The molecule has 2 rings (SSSR count). The molecule has 2 aromatic rings. The van der Waals surface area contributed by atoms with Crippen LogP contribution in [0, 0.1) is 0 Å². The highest BCUT2D eigenvalue weighted by atomic mass is 32.1. The Morgan fingerprint density at radius 3 is 2.45 bits per heavy atom. The van der Waals surface area contributed by atoms with Crippen LogP contribution >= 0.6 is 11.3 Å². The van der Waals surface area contributed by atoms with Crippen molar-refractivity contribution in [3.63, 3.8) is 0 Å². The van der Waals surface area contributed by atoms with Crippen molar-refractivity contribution in [2.45, 2.75) is 19.6 Å². The zero-order valence-electron chi connectivity index (χ0n) is 12.2. The summed E-state index contributed by atoms with van der Waals surface area (Å²) in [5, 5.41) is 15.3. The van der Waals surface area contributed by atoms with E-state index in [4.69, 9.17) is 0 Å². The van der Waals surface area contributed by atoms with Gasteiger partial charge in [-0.05, 0) is 24.6 Å². The lowest BCUT2D eigenvalue weighted by Gasteiger charge is -2.08. The Balaban J connectivity index is 1.94. The van der Waals surface area contributed by atoms with Crippen molar-refractivity contribution < 1.29 is 14.7 Å². The van der Waals surface area contributed by atoms with E-state index >= 15 is 0 Å². The molecule has 0 fully saturated rings. The first-order valence-corrected chi connectivity index (χ1v) is 7.81. The number of amides is 2. The van der Waals surface area contributed by atoms with Gasteiger partial charge in [-0.25, -0.2) is 0 Å². The number of benzene rings is 1. The molecule has 5 nitrogen and oxygen atoms in total. The molecule has 0 radical (unpaired) electrons. The highest BCUT2D eigenvalue weighted by Crippen LogP contribution is 2.28. The molecule has 0 saturated carbocycles. The van der Waals surface area contributed by atoms with Gasteiger partial charge in [0.15, 0.2) is 0 Å². The maximum Gasteiger partial charge on any atom is 0.309 e. The molecule has 1 unspecified atom stereocenters. The van der Waals surface area contributed by atoms with Crippen molar-refractivity contribution >= 4 is 23.2 Å². The average Bonchev–Trinajstić information content (AvgIpc) is 3.02. The number of aliphatic hydroxyl groups is 1. The first kappa shape index (κ1) is 16.2. The van der Waals surface area contributed by atoms with Gasteiger partial charge in [-0.3, -0.25) is 9.59 Å². The van der Waals surface area contributed by atoms with E-state index in [1.54, 1.807) is 6.92 Å². The second-order valence-electron chi connectivity index (χ2n) is 4.66. The zero-order chi connectivity index (χ0) is 15.9. The number of hydrogen-bond acceptors (Lipinski definition) is 4. The Kier molecular flexibility index (Phi) is 5.68. The summed E-state index contributed by atoms with van der Waals surface area (Å²) < 4.78 is 0. The first-order valence-electron chi connectivity index (χ1n) is 6.99. The summed E-state index contributed by atoms with van der Waals surface area (Å²) in [7, 11) is 0. The van der Waals surface area contributed by atoms with E-state index < -0.39 is 17.9 Å². The van der Waals surface area contributed by atoms with Crippen LogP contribution in [0.25, 0.3) is 0 Å². The Bertz CT molecular complexity index is 640. The van der Waals surface area contributed by atoms with Crippen LogP contribution in [0.5, 0.6) is 0 Å². The number of thiophene rings is 1. The van der Waals surface area contributed by atoms with Crippen LogP contribution < -0.4 is 10.6 Å². The molecular weight excluding hydrogens is 300 g/mol. The van der Waals surface area contributed by atoms with Crippen molar-refractivity contribution in [1.29, 1.82) is 0 Å². The summed E-state index contributed by atoms with van der Waals surface area (Å²) in [5.41, 5.74) is 0.822. The van der Waals surface area contributed by atoms with Gasteiger partial charge in [0.25, 0.3) is 0 Å². The van der Waals surface area contributed by atoms with Crippen LogP contribution in [0.4, 0.5) is 0 Å². The minimum atomic E-state index is -0.681. The quantitative estimate of drug-likeness (QED) is 0.733. The van der Waals surface area contributed by atoms with E-state index in [-0.39, 0.29) is 6.54 Å². The van der Waals surface area contributed by atoms with E-state index in [0.717, 1.165) is 15.3 Å². The number of rotatable bonds is 5. The Labute approximate surface area is 133 Å². The molecule has 1 aromatic heterocycles. The number of nitrogens with one attached hydrogen (secondary N) is 2. The van der Waals surface area contributed by atoms with Gasteiger partial charge in [0.2, 0.25) is 0 Å². The van der Waals surface area contributed by atoms with Crippen molar-refractivity contribution in [2.24, 2.45) is 0 Å². The van der Waals surface area contributed by atoms with Gasteiger partial charge in [-0.15, -0.1) is 11.3 Å². The predicted octanol–water partition coefficient (Wildman–Crippen LogP) is 1.58. The topological polar surface area (TPSA) is 78.4 Å². The zero-order valence-corrected chi connectivity index (χ0v) is 13.0. The fourth-order valence-corrected chi connectivity index (χ4v) is 2.89. The van der Waals surface area contributed by atoms with E-state index in [1.165, 1.54) is 11.3 Å². The van der Waals surface area contributed by atoms with Crippen LogP contribution in [0.2, 0.25) is 0 Å². The van der Waals surface area contributed by atoms with Crippen molar-refractivity contribution in [1.82, 2.24) is 10.6 Å². The summed E-state index contributed by atoms with van der Waals surface area (Å²) in [5.74, 6) is -1.29. The molecule has 0 saturated heterocycles. The van der Waals surface area contributed by atoms with E-state index in [1.807, 2.05) is 42.5 Å². The molecule has 2 amide bonds. The molecule has 1 atom stereocenters. The van der Waals surface area contributed by atoms with E-state index in [9.17, 15) is 14.7 Å². The second kappa shape index (κ2) is 7.72. The van der Waals surface area contributed by atoms with Crippen molar-refractivity contribution in [3.05, 3.63) is 57.8 Å².